The standard InChI is InChI=1S/C21H28N4O.ClH/c1-5-11-25-18(4)21(17(3)23-25)19-14-22-15-24(19)12-8-13-26-20-10-7-6-9-16(20)2;/h6-7,9-10,14-15H,5,8,11-13H2,1-4H3;1H. The zero-order chi connectivity index (χ0) is 18.5. The first kappa shape index (κ1) is 21.0. The summed E-state index contributed by atoms with van der Waals surface area (Å²) >= 11 is 0. The van der Waals surface area contributed by atoms with Crippen molar-refractivity contribution < 1.29 is 4.74 Å². The minimum absolute atomic E-state index is 0. The minimum atomic E-state index is 0. The molecule has 0 radical (unpaired) electrons. The number of aryl methyl sites for hydroxylation is 4. The van der Waals surface area contributed by atoms with Crippen LogP contribution in [0.2, 0.25) is 0 Å². The van der Waals surface area contributed by atoms with Crippen molar-refractivity contribution >= 4 is 12.4 Å². The van der Waals surface area contributed by atoms with E-state index in [0.717, 1.165) is 43.1 Å². The third kappa shape index (κ3) is 4.72. The van der Waals surface area contributed by atoms with Gasteiger partial charge in [0.25, 0.3) is 0 Å². The lowest BCUT2D eigenvalue weighted by Gasteiger charge is -2.11. The highest BCUT2D eigenvalue weighted by Gasteiger charge is 2.16. The van der Waals surface area contributed by atoms with Gasteiger partial charge in [-0.1, -0.05) is 25.1 Å². The van der Waals surface area contributed by atoms with Crippen LogP contribution in [0, 0.1) is 20.8 Å². The fourth-order valence-corrected chi connectivity index (χ4v) is 3.34. The first-order valence-corrected chi connectivity index (χ1v) is 9.34. The zero-order valence-corrected chi connectivity index (χ0v) is 17.4. The van der Waals surface area contributed by atoms with Crippen LogP contribution in [-0.4, -0.2) is 25.9 Å². The van der Waals surface area contributed by atoms with Gasteiger partial charge in [-0.25, -0.2) is 4.98 Å². The summed E-state index contributed by atoms with van der Waals surface area (Å²) in [5.74, 6) is 0.964. The van der Waals surface area contributed by atoms with Gasteiger partial charge in [0.1, 0.15) is 5.75 Å². The molecule has 27 heavy (non-hydrogen) atoms. The lowest BCUT2D eigenvalue weighted by molar-refractivity contribution is 0.300. The molecule has 3 rings (SSSR count). The first-order valence-electron chi connectivity index (χ1n) is 9.34. The van der Waals surface area contributed by atoms with Crippen LogP contribution in [0.1, 0.15) is 36.7 Å². The summed E-state index contributed by atoms with van der Waals surface area (Å²) in [5, 5.41) is 4.69. The molecule has 0 unspecified atom stereocenters. The van der Waals surface area contributed by atoms with Crippen LogP contribution in [0.5, 0.6) is 5.75 Å². The normalized spacial score (nSPS) is 10.7. The lowest BCUT2D eigenvalue weighted by Crippen LogP contribution is -2.06. The third-order valence-electron chi connectivity index (χ3n) is 4.68. The van der Waals surface area contributed by atoms with Crippen LogP contribution in [0.15, 0.2) is 36.8 Å². The number of rotatable bonds is 8. The number of halogens is 1. The average molecular weight is 389 g/mol. The maximum atomic E-state index is 5.91. The van der Waals surface area contributed by atoms with Crippen molar-refractivity contribution in [1.29, 1.82) is 0 Å². The maximum absolute atomic E-state index is 5.91. The smallest absolute Gasteiger partial charge is 0.122 e. The van der Waals surface area contributed by atoms with E-state index in [2.05, 4.69) is 48.0 Å². The van der Waals surface area contributed by atoms with Crippen molar-refractivity contribution in [1.82, 2.24) is 19.3 Å². The predicted octanol–water partition coefficient (Wildman–Crippen LogP) is 4.97. The molecule has 0 aliphatic heterocycles. The van der Waals surface area contributed by atoms with E-state index in [0.29, 0.717) is 6.61 Å². The average Bonchev–Trinajstić information content (AvgIpc) is 3.18. The van der Waals surface area contributed by atoms with Crippen molar-refractivity contribution in [2.24, 2.45) is 0 Å². The second-order valence-corrected chi connectivity index (χ2v) is 6.71. The maximum Gasteiger partial charge on any atom is 0.122 e. The number of hydrogen-bond acceptors (Lipinski definition) is 3. The van der Waals surface area contributed by atoms with E-state index >= 15 is 0 Å². The molecule has 0 amide bonds. The van der Waals surface area contributed by atoms with Crippen molar-refractivity contribution in [3.05, 3.63) is 53.7 Å². The molecule has 1 aromatic carbocycles. The van der Waals surface area contributed by atoms with Gasteiger partial charge in [0, 0.05) is 24.3 Å². The Morgan fingerprint density at radius 1 is 1.07 bits per heavy atom. The summed E-state index contributed by atoms with van der Waals surface area (Å²) < 4.78 is 10.2. The van der Waals surface area contributed by atoms with Gasteiger partial charge in [0.05, 0.1) is 30.5 Å². The molecule has 146 valence electrons. The van der Waals surface area contributed by atoms with Crippen LogP contribution in [0.3, 0.4) is 0 Å². The molecule has 0 bridgehead atoms. The molecule has 0 N–H and O–H groups in total. The molecular formula is C21H29ClN4O. The molecule has 2 aromatic heterocycles. The topological polar surface area (TPSA) is 44.9 Å². The fourth-order valence-electron chi connectivity index (χ4n) is 3.34. The van der Waals surface area contributed by atoms with Gasteiger partial charge in [-0.05, 0) is 45.2 Å². The molecule has 0 spiro atoms. The highest BCUT2D eigenvalue weighted by molar-refractivity contribution is 5.85. The molecule has 0 aliphatic carbocycles. The monoisotopic (exact) mass is 388 g/mol. The summed E-state index contributed by atoms with van der Waals surface area (Å²) in [5.41, 5.74) is 5.79. The molecule has 0 atom stereocenters. The van der Waals surface area contributed by atoms with Crippen LogP contribution < -0.4 is 4.74 Å². The van der Waals surface area contributed by atoms with E-state index in [4.69, 9.17) is 9.84 Å². The molecule has 0 saturated carbocycles. The SMILES string of the molecule is CCCn1nc(C)c(-c2cncn2CCCOc2ccccc2C)c1C.Cl. The molecule has 3 aromatic rings. The quantitative estimate of drug-likeness (QED) is 0.511. The Balaban J connectivity index is 0.00000261. The highest BCUT2D eigenvalue weighted by Crippen LogP contribution is 2.27. The van der Waals surface area contributed by atoms with Crippen molar-refractivity contribution in [3.8, 4) is 17.0 Å². The molecule has 0 aliphatic rings. The van der Waals surface area contributed by atoms with Gasteiger partial charge in [-0.3, -0.25) is 4.68 Å². The Morgan fingerprint density at radius 3 is 2.59 bits per heavy atom. The molecule has 2 heterocycles. The predicted molar refractivity (Wildman–Crippen MR) is 112 cm³/mol. The number of hydrogen-bond donors (Lipinski definition) is 0. The Hall–Kier alpha value is -2.27. The van der Waals surface area contributed by atoms with Crippen LogP contribution in [0.25, 0.3) is 11.3 Å². The van der Waals surface area contributed by atoms with Crippen molar-refractivity contribution in [3.63, 3.8) is 0 Å². The molecule has 5 nitrogen and oxygen atoms in total. The molecule has 6 heteroatoms. The first-order chi connectivity index (χ1) is 12.6. The van der Waals surface area contributed by atoms with Gasteiger partial charge in [0.15, 0.2) is 0 Å². The minimum Gasteiger partial charge on any atom is -0.493 e. The van der Waals surface area contributed by atoms with Gasteiger partial charge < -0.3 is 9.30 Å². The van der Waals surface area contributed by atoms with Gasteiger partial charge in [-0.15, -0.1) is 12.4 Å². The Morgan fingerprint density at radius 2 is 1.85 bits per heavy atom. The Bertz CT molecular complexity index is 869. The number of para-hydroxylation sites is 1. The molecule has 0 saturated heterocycles. The summed E-state index contributed by atoms with van der Waals surface area (Å²) in [6, 6.07) is 8.13. The summed E-state index contributed by atoms with van der Waals surface area (Å²) in [7, 11) is 0. The second kappa shape index (κ2) is 9.60. The number of imidazole rings is 1. The third-order valence-corrected chi connectivity index (χ3v) is 4.68. The number of nitrogens with zero attached hydrogens (tertiary/aromatic N) is 4. The second-order valence-electron chi connectivity index (χ2n) is 6.71. The van der Waals surface area contributed by atoms with Crippen LogP contribution in [-0.2, 0) is 13.1 Å². The molecule has 0 fully saturated rings. The Kier molecular flexibility index (Phi) is 7.48. The van der Waals surface area contributed by atoms with Crippen LogP contribution >= 0.6 is 12.4 Å². The van der Waals surface area contributed by atoms with E-state index < -0.39 is 0 Å². The van der Waals surface area contributed by atoms with Gasteiger partial charge in [0.2, 0.25) is 0 Å². The van der Waals surface area contributed by atoms with E-state index in [1.807, 2.05) is 30.7 Å². The largest absolute Gasteiger partial charge is 0.493 e. The van der Waals surface area contributed by atoms with Gasteiger partial charge in [-0.2, -0.15) is 5.10 Å². The van der Waals surface area contributed by atoms with E-state index in [-0.39, 0.29) is 12.4 Å². The zero-order valence-electron chi connectivity index (χ0n) is 16.6. The summed E-state index contributed by atoms with van der Waals surface area (Å²) in [4.78, 5) is 4.37. The summed E-state index contributed by atoms with van der Waals surface area (Å²) in [6.07, 6.45) is 5.85. The van der Waals surface area contributed by atoms with Crippen LogP contribution in [0.4, 0.5) is 0 Å². The highest BCUT2D eigenvalue weighted by atomic mass is 35.5. The number of aromatic nitrogens is 4. The fraction of sp³-hybridized carbons (Fsp3) is 0.429. The van der Waals surface area contributed by atoms with E-state index in [9.17, 15) is 0 Å². The summed E-state index contributed by atoms with van der Waals surface area (Å²) in [6.45, 7) is 11.0. The number of benzene rings is 1. The lowest BCUT2D eigenvalue weighted by atomic mass is 10.1. The van der Waals surface area contributed by atoms with E-state index in [1.165, 1.54) is 16.8 Å². The van der Waals surface area contributed by atoms with Crippen molar-refractivity contribution in [2.75, 3.05) is 6.61 Å². The number of ether oxygens (including phenoxy) is 1. The van der Waals surface area contributed by atoms with Gasteiger partial charge >= 0.3 is 0 Å². The van der Waals surface area contributed by atoms with E-state index in [1.54, 1.807) is 0 Å². The molecular weight excluding hydrogens is 360 g/mol. The van der Waals surface area contributed by atoms with Crippen molar-refractivity contribution in [2.45, 2.75) is 53.6 Å². The Labute approximate surface area is 167 Å².